The Hall–Kier alpha value is -1.34. The normalized spacial score (nSPS) is 10.9. The van der Waals surface area contributed by atoms with Gasteiger partial charge in [-0.25, -0.2) is 4.98 Å². The summed E-state index contributed by atoms with van der Waals surface area (Å²) in [6.07, 6.45) is 1.77. The molecule has 0 aliphatic rings. The van der Waals surface area contributed by atoms with E-state index in [0.29, 0.717) is 15.4 Å². The summed E-state index contributed by atoms with van der Waals surface area (Å²) in [5.74, 6) is -1.04. The Morgan fingerprint density at radius 3 is 2.94 bits per heavy atom. The summed E-state index contributed by atoms with van der Waals surface area (Å²) in [7, 11) is 0. The highest BCUT2D eigenvalue weighted by molar-refractivity contribution is 7.98. The SMILES string of the molecule is CSc1nc2c(C)csc2c(=O)n1CC(=O)O. The maximum Gasteiger partial charge on any atom is 0.323 e. The molecule has 2 aromatic rings. The van der Waals surface area contributed by atoms with Gasteiger partial charge in [0.1, 0.15) is 11.2 Å². The number of carbonyl (C=O) groups is 1. The number of nitrogens with zero attached hydrogens (tertiary/aromatic N) is 2. The fourth-order valence-corrected chi connectivity index (χ4v) is 3.01. The highest BCUT2D eigenvalue weighted by Crippen LogP contribution is 2.23. The van der Waals surface area contributed by atoms with Crippen LogP contribution in [-0.4, -0.2) is 26.9 Å². The summed E-state index contributed by atoms with van der Waals surface area (Å²) in [4.78, 5) is 27.2. The van der Waals surface area contributed by atoms with E-state index in [9.17, 15) is 9.59 Å². The maximum absolute atomic E-state index is 12.1. The molecule has 2 heterocycles. The van der Waals surface area contributed by atoms with Crippen LogP contribution in [0.3, 0.4) is 0 Å². The Balaban J connectivity index is 2.77. The number of hydrogen-bond acceptors (Lipinski definition) is 5. The summed E-state index contributed by atoms with van der Waals surface area (Å²) in [5, 5.41) is 11.1. The molecule has 0 spiro atoms. The van der Waals surface area contributed by atoms with E-state index in [1.165, 1.54) is 27.7 Å². The van der Waals surface area contributed by atoms with E-state index in [0.717, 1.165) is 5.56 Å². The predicted molar refractivity (Wildman–Crippen MR) is 68.0 cm³/mol. The van der Waals surface area contributed by atoms with Crippen molar-refractivity contribution in [2.45, 2.75) is 18.6 Å². The molecule has 0 saturated heterocycles. The van der Waals surface area contributed by atoms with Gasteiger partial charge in [0.2, 0.25) is 0 Å². The number of aromatic nitrogens is 2. The minimum atomic E-state index is -1.04. The van der Waals surface area contributed by atoms with Crippen molar-refractivity contribution in [3.63, 3.8) is 0 Å². The molecule has 7 heteroatoms. The van der Waals surface area contributed by atoms with Gasteiger partial charge >= 0.3 is 5.97 Å². The van der Waals surface area contributed by atoms with Crippen molar-refractivity contribution in [3.05, 3.63) is 21.3 Å². The first-order chi connectivity index (χ1) is 8.04. The Kier molecular flexibility index (Phi) is 3.21. The van der Waals surface area contributed by atoms with Gasteiger partial charge in [0.25, 0.3) is 5.56 Å². The van der Waals surface area contributed by atoms with Crippen LogP contribution in [-0.2, 0) is 11.3 Å². The van der Waals surface area contributed by atoms with Gasteiger partial charge in [-0.05, 0) is 24.1 Å². The van der Waals surface area contributed by atoms with Gasteiger partial charge in [0.05, 0.1) is 5.52 Å². The number of thiophene rings is 1. The number of aliphatic carboxylic acids is 1. The van der Waals surface area contributed by atoms with Crippen LogP contribution in [0.2, 0.25) is 0 Å². The highest BCUT2D eigenvalue weighted by Gasteiger charge is 2.15. The van der Waals surface area contributed by atoms with E-state index < -0.39 is 5.97 Å². The lowest BCUT2D eigenvalue weighted by Crippen LogP contribution is -2.26. The standard InChI is InChI=1S/C10H10N2O3S2/c1-5-4-17-8-7(5)11-10(16-2)12(9(8)15)3-6(13)14/h4H,3H2,1-2H3,(H,13,14). The fraction of sp³-hybridized carbons (Fsp3) is 0.300. The van der Waals surface area contributed by atoms with Crippen molar-refractivity contribution in [2.24, 2.45) is 0 Å². The van der Waals surface area contributed by atoms with Crippen molar-refractivity contribution in [1.29, 1.82) is 0 Å². The molecule has 0 saturated carbocycles. The molecule has 0 atom stereocenters. The predicted octanol–water partition coefficient (Wildman–Crippen LogP) is 1.57. The molecule has 2 rings (SSSR count). The first kappa shape index (κ1) is 12.1. The molecule has 17 heavy (non-hydrogen) atoms. The maximum atomic E-state index is 12.1. The molecule has 0 aliphatic carbocycles. The van der Waals surface area contributed by atoms with Crippen LogP contribution in [0.15, 0.2) is 15.3 Å². The van der Waals surface area contributed by atoms with Crippen molar-refractivity contribution in [3.8, 4) is 0 Å². The van der Waals surface area contributed by atoms with E-state index in [1.807, 2.05) is 12.3 Å². The topological polar surface area (TPSA) is 72.2 Å². The number of thioether (sulfide) groups is 1. The van der Waals surface area contributed by atoms with Gasteiger partial charge in [0.15, 0.2) is 5.16 Å². The molecule has 2 aromatic heterocycles. The second-order valence-corrected chi connectivity index (χ2v) is 5.13. The minimum Gasteiger partial charge on any atom is -0.480 e. The summed E-state index contributed by atoms with van der Waals surface area (Å²) in [6.45, 7) is 1.53. The number of hydrogen-bond donors (Lipinski definition) is 1. The largest absolute Gasteiger partial charge is 0.480 e. The van der Waals surface area contributed by atoms with E-state index in [4.69, 9.17) is 5.11 Å². The lowest BCUT2D eigenvalue weighted by molar-refractivity contribution is -0.137. The Bertz CT molecular complexity index is 645. The minimum absolute atomic E-state index is 0.278. The fourth-order valence-electron chi connectivity index (χ4n) is 1.52. The lowest BCUT2D eigenvalue weighted by Gasteiger charge is -2.07. The highest BCUT2D eigenvalue weighted by atomic mass is 32.2. The quantitative estimate of drug-likeness (QED) is 0.677. The summed E-state index contributed by atoms with van der Waals surface area (Å²) in [5.41, 5.74) is 1.34. The molecule has 1 N–H and O–H groups in total. The second kappa shape index (κ2) is 4.50. The third-order valence-corrected chi connectivity index (χ3v) is 4.05. The van der Waals surface area contributed by atoms with Gasteiger partial charge < -0.3 is 5.11 Å². The van der Waals surface area contributed by atoms with Gasteiger partial charge in [-0.15, -0.1) is 11.3 Å². The molecule has 0 radical (unpaired) electrons. The molecule has 0 amide bonds. The number of rotatable bonds is 3. The zero-order valence-corrected chi connectivity index (χ0v) is 10.9. The van der Waals surface area contributed by atoms with Crippen molar-refractivity contribution < 1.29 is 9.90 Å². The molecule has 90 valence electrons. The van der Waals surface area contributed by atoms with E-state index in [1.54, 1.807) is 6.26 Å². The molecular weight excluding hydrogens is 260 g/mol. The molecular formula is C10H10N2O3S2. The van der Waals surface area contributed by atoms with Gasteiger partial charge in [0, 0.05) is 0 Å². The van der Waals surface area contributed by atoms with E-state index >= 15 is 0 Å². The lowest BCUT2D eigenvalue weighted by atomic mass is 10.3. The second-order valence-electron chi connectivity index (χ2n) is 3.48. The summed E-state index contributed by atoms with van der Waals surface area (Å²) in [6, 6.07) is 0. The Morgan fingerprint density at radius 1 is 1.65 bits per heavy atom. The van der Waals surface area contributed by atoms with Crippen LogP contribution in [0.1, 0.15) is 5.56 Å². The smallest absolute Gasteiger partial charge is 0.323 e. The van der Waals surface area contributed by atoms with Crippen molar-refractivity contribution in [1.82, 2.24) is 9.55 Å². The molecule has 0 bridgehead atoms. The molecule has 0 unspecified atom stereocenters. The zero-order valence-electron chi connectivity index (χ0n) is 9.26. The van der Waals surface area contributed by atoms with Gasteiger partial charge in [-0.1, -0.05) is 11.8 Å². The van der Waals surface area contributed by atoms with Crippen molar-refractivity contribution >= 4 is 39.3 Å². The average Bonchev–Trinajstić information content (AvgIpc) is 2.64. The summed E-state index contributed by atoms with van der Waals surface area (Å²) < 4.78 is 1.72. The first-order valence-corrected chi connectivity index (χ1v) is 6.89. The number of carboxylic acids is 1. The molecule has 5 nitrogen and oxygen atoms in total. The van der Waals surface area contributed by atoms with Gasteiger partial charge in [-0.2, -0.15) is 0 Å². The van der Waals surface area contributed by atoms with E-state index in [-0.39, 0.29) is 12.1 Å². The molecule has 0 aliphatic heterocycles. The monoisotopic (exact) mass is 270 g/mol. The molecule has 0 aromatic carbocycles. The zero-order chi connectivity index (χ0) is 12.6. The average molecular weight is 270 g/mol. The van der Waals surface area contributed by atoms with Crippen LogP contribution < -0.4 is 5.56 Å². The third kappa shape index (κ3) is 2.07. The van der Waals surface area contributed by atoms with Crippen LogP contribution in [0.5, 0.6) is 0 Å². The van der Waals surface area contributed by atoms with Crippen LogP contribution >= 0.6 is 23.1 Å². The van der Waals surface area contributed by atoms with E-state index in [2.05, 4.69) is 4.98 Å². The number of fused-ring (bicyclic) bond motifs is 1. The van der Waals surface area contributed by atoms with Crippen LogP contribution in [0, 0.1) is 6.92 Å². The first-order valence-electron chi connectivity index (χ1n) is 4.79. The summed E-state index contributed by atoms with van der Waals surface area (Å²) >= 11 is 2.57. The van der Waals surface area contributed by atoms with Crippen LogP contribution in [0.25, 0.3) is 10.2 Å². The van der Waals surface area contributed by atoms with Crippen LogP contribution in [0.4, 0.5) is 0 Å². The third-order valence-electron chi connectivity index (χ3n) is 2.30. The number of carboxylic acid groups (broad SMARTS) is 1. The number of aryl methyl sites for hydroxylation is 1. The van der Waals surface area contributed by atoms with Gasteiger partial charge in [-0.3, -0.25) is 14.2 Å². The van der Waals surface area contributed by atoms with Crippen molar-refractivity contribution in [2.75, 3.05) is 6.26 Å². The Labute approximate surface area is 105 Å². The molecule has 0 fully saturated rings. The Morgan fingerprint density at radius 2 is 2.35 bits per heavy atom.